The van der Waals surface area contributed by atoms with Crippen LogP contribution in [0.1, 0.15) is 23.6 Å². The SMILES string of the molecule is CNC(=O)[C@H](C)N(CCc1ccccc1)C(=O)CN(c1ccc(C)cc1)S(=O)(=O)c1ccc(C)cc1. The molecule has 0 radical (unpaired) electrons. The predicted octanol–water partition coefficient (Wildman–Crippen LogP) is 3.70. The number of amides is 2. The van der Waals surface area contributed by atoms with E-state index in [1.54, 1.807) is 43.3 Å². The minimum atomic E-state index is -4.05. The lowest BCUT2D eigenvalue weighted by atomic mass is 10.1. The number of nitrogens with zero attached hydrogens (tertiary/aromatic N) is 2. The van der Waals surface area contributed by atoms with Gasteiger partial charge < -0.3 is 10.2 Å². The van der Waals surface area contributed by atoms with E-state index in [1.807, 2.05) is 44.2 Å². The summed E-state index contributed by atoms with van der Waals surface area (Å²) < 4.78 is 28.5. The maximum Gasteiger partial charge on any atom is 0.264 e. The lowest BCUT2D eigenvalue weighted by Crippen LogP contribution is -2.51. The Kier molecular flexibility index (Phi) is 8.88. The third kappa shape index (κ3) is 6.51. The molecule has 0 saturated carbocycles. The predicted molar refractivity (Wildman–Crippen MR) is 142 cm³/mol. The molecular weight excluding hydrogens is 474 g/mol. The summed E-state index contributed by atoms with van der Waals surface area (Å²) >= 11 is 0. The minimum absolute atomic E-state index is 0.0941. The van der Waals surface area contributed by atoms with Crippen molar-refractivity contribution in [1.82, 2.24) is 10.2 Å². The number of hydrogen-bond donors (Lipinski definition) is 1. The zero-order valence-electron chi connectivity index (χ0n) is 21.1. The van der Waals surface area contributed by atoms with E-state index in [0.29, 0.717) is 12.1 Å². The van der Waals surface area contributed by atoms with E-state index in [2.05, 4.69) is 5.32 Å². The van der Waals surface area contributed by atoms with Crippen molar-refractivity contribution in [2.24, 2.45) is 0 Å². The van der Waals surface area contributed by atoms with Gasteiger partial charge in [-0.05, 0) is 57.0 Å². The molecule has 1 atom stereocenters. The largest absolute Gasteiger partial charge is 0.357 e. The fourth-order valence-electron chi connectivity index (χ4n) is 3.86. The first-order valence-corrected chi connectivity index (χ1v) is 13.3. The van der Waals surface area contributed by atoms with Crippen LogP contribution in [0.4, 0.5) is 5.69 Å². The van der Waals surface area contributed by atoms with E-state index >= 15 is 0 Å². The second kappa shape index (κ2) is 11.9. The number of anilines is 1. The van der Waals surface area contributed by atoms with Gasteiger partial charge in [0.2, 0.25) is 11.8 Å². The van der Waals surface area contributed by atoms with E-state index in [1.165, 1.54) is 24.1 Å². The molecule has 0 bridgehead atoms. The number of benzene rings is 3. The lowest BCUT2D eigenvalue weighted by molar-refractivity contribution is -0.138. The van der Waals surface area contributed by atoms with Gasteiger partial charge in [-0.15, -0.1) is 0 Å². The Bertz CT molecular complexity index is 1270. The van der Waals surface area contributed by atoms with Gasteiger partial charge in [0.1, 0.15) is 12.6 Å². The maximum absolute atomic E-state index is 13.7. The first-order valence-electron chi connectivity index (χ1n) is 11.8. The topological polar surface area (TPSA) is 86.8 Å². The van der Waals surface area contributed by atoms with Crippen molar-refractivity contribution >= 4 is 27.5 Å². The summed E-state index contributed by atoms with van der Waals surface area (Å²) in [6.45, 7) is 5.26. The van der Waals surface area contributed by atoms with Crippen LogP contribution in [0.15, 0.2) is 83.8 Å². The third-order valence-corrected chi connectivity index (χ3v) is 7.90. The monoisotopic (exact) mass is 507 g/mol. The quantitative estimate of drug-likeness (QED) is 0.453. The zero-order chi connectivity index (χ0) is 26.3. The van der Waals surface area contributed by atoms with Crippen molar-refractivity contribution in [3.63, 3.8) is 0 Å². The smallest absolute Gasteiger partial charge is 0.264 e. The van der Waals surface area contributed by atoms with E-state index < -0.39 is 28.5 Å². The number of likely N-dealkylation sites (N-methyl/N-ethyl adjacent to an activating group) is 1. The molecule has 0 unspecified atom stereocenters. The summed E-state index contributed by atoms with van der Waals surface area (Å²) in [6.07, 6.45) is 0.531. The third-order valence-electron chi connectivity index (χ3n) is 6.11. The molecule has 190 valence electrons. The first-order chi connectivity index (χ1) is 17.1. The van der Waals surface area contributed by atoms with Gasteiger partial charge in [-0.25, -0.2) is 8.42 Å². The molecule has 0 aliphatic rings. The molecule has 36 heavy (non-hydrogen) atoms. The summed E-state index contributed by atoms with van der Waals surface area (Å²) in [6, 6.07) is 22.4. The highest BCUT2D eigenvalue weighted by Gasteiger charge is 2.32. The Balaban J connectivity index is 1.96. The van der Waals surface area contributed by atoms with Crippen LogP contribution in [0, 0.1) is 13.8 Å². The molecule has 3 rings (SSSR count). The zero-order valence-corrected chi connectivity index (χ0v) is 22.0. The number of carbonyl (C=O) groups is 2. The van der Waals surface area contributed by atoms with Crippen molar-refractivity contribution in [2.45, 2.75) is 38.1 Å². The van der Waals surface area contributed by atoms with Gasteiger partial charge in [0.05, 0.1) is 10.6 Å². The van der Waals surface area contributed by atoms with Crippen molar-refractivity contribution < 1.29 is 18.0 Å². The minimum Gasteiger partial charge on any atom is -0.357 e. The molecule has 2 amide bonds. The molecule has 0 saturated heterocycles. The number of aryl methyl sites for hydroxylation is 2. The molecule has 0 aliphatic carbocycles. The van der Waals surface area contributed by atoms with Crippen molar-refractivity contribution in [3.05, 3.63) is 95.6 Å². The van der Waals surface area contributed by atoms with Crippen LogP contribution >= 0.6 is 0 Å². The highest BCUT2D eigenvalue weighted by Crippen LogP contribution is 2.25. The summed E-state index contributed by atoms with van der Waals surface area (Å²) in [5, 5.41) is 2.59. The van der Waals surface area contributed by atoms with Crippen LogP contribution in [0.2, 0.25) is 0 Å². The highest BCUT2D eigenvalue weighted by molar-refractivity contribution is 7.92. The van der Waals surface area contributed by atoms with Crippen LogP contribution in [0.5, 0.6) is 0 Å². The molecule has 0 fully saturated rings. The van der Waals surface area contributed by atoms with E-state index in [9.17, 15) is 18.0 Å². The molecule has 0 heterocycles. The van der Waals surface area contributed by atoms with Gasteiger partial charge in [0.15, 0.2) is 0 Å². The van der Waals surface area contributed by atoms with Crippen molar-refractivity contribution in [2.75, 3.05) is 24.4 Å². The highest BCUT2D eigenvalue weighted by atomic mass is 32.2. The van der Waals surface area contributed by atoms with Crippen molar-refractivity contribution in [3.8, 4) is 0 Å². The van der Waals surface area contributed by atoms with Crippen LogP contribution in [0.3, 0.4) is 0 Å². The summed E-state index contributed by atoms with van der Waals surface area (Å²) in [4.78, 5) is 27.7. The first kappa shape index (κ1) is 26.9. The normalized spacial score (nSPS) is 12.0. The van der Waals surface area contributed by atoms with Crippen LogP contribution < -0.4 is 9.62 Å². The molecule has 0 aliphatic heterocycles. The van der Waals surface area contributed by atoms with Crippen LogP contribution in [0.25, 0.3) is 0 Å². The molecule has 7 nitrogen and oxygen atoms in total. The number of hydrogen-bond acceptors (Lipinski definition) is 4. The van der Waals surface area contributed by atoms with E-state index in [-0.39, 0.29) is 17.3 Å². The number of carbonyl (C=O) groups excluding carboxylic acids is 2. The van der Waals surface area contributed by atoms with Gasteiger partial charge in [0.25, 0.3) is 10.0 Å². The summed E-state index contributed by atoms with van der Waals surface area (Å²) in [5.74, 6) is -0.780. The molecule has 1 N–H and O–H groups in total. The summed E-state index contributed by atoms with van der Waals surface area (Å²) in [7, 11) is -2.53. The Morgan fingerprint density at radius 1 is 0.861 bits per heavy atom. The molecule has 3 aromatic rings. The van der Waals surface area contributed by atoms with Crippen LogP contribution in [-0.2, 0) is 26.0 Å². The molecule has 8 heteroatoms. The van der Waals surface area contributed by atoms with E-state index in [4.69, 9.17) is 0 Å². The van der Waals surface area contributed by atoms with E-state index in [0.717, 1.165) is 21.0 Å². The molecule has 0 spiro atoms. The number of rotatable bonds is 10. The average molecular weight is 508 g/mol. The fraction of sp³-hybridized carbons (Fsp3) is 0.286. The Labute approximate surface area is 213 Å². The van der Waals surface area contributed by atoms with Crippen LogP contribution in [-0.4, -0.2) is 51.3 Å². The van der Waals surface area contributed by atoms with Gasteiger partial charge >= 0.3 is 0 Å². The standard InChI is InChI=1S/C28H33N3O4S/c1-21-10-14-25(15-11-21)31(36(34,35)26-16-12-22(2)13-17-26)20-27(32)30(23(3)28(33)29-4)19-18-24-8-6-5-7-9-24/h5-17,23H,18-20H2,1-4H3,(H,29,33)/t23-/m0/s1. The molecule has 3 aromatic carbocycles. The van der Waals surface area contributed by atoms with Gasteiger partial charge in [-0.2, -0.15) is 0 Å². The van der Waals surface area contributed by atoms with Crippen molar-refractivity contribution in [1.29, 1.82) is 0 Å². The number of nitrogens with one attached hydrogen (secondary N) is 1. The number of sulfonamides is 1. The molecular formula is C28H33N3O4S. The second-order valence-electron chi connectivity index (χ2n) is 8.77. The Morgan fingerprint density at radius 3 is 1.97 bits per heavy atom. The second-order valence-corrected chi connectivity index (χ2v) is 10.6. The van der Waals surface area contributed by atoms with Gasteiger partial charge in [0, 0.05) is 13.6 Å². The summed E-state index contributed by atoms with van der Waals surface area (Å²) in [5.41, 5.74) is 3.29. The average Bonchev–Trinajstić information content (AvgIpc) is 2.88. The fourth-order valence-corrected chi connectivity index (χ4v) is 5.27. The Morgan fingerprint density at radius 2 is 1.42 bits per heavy atom. The maximum atomic E-state index is 13.7. The Hall–Kier alpha value is -3.65. The van der Waals surface area contributed by atoms with Gasteiger partial charge in [-0.1, -0.05) is 65.7 Å². The molecule has 0 aromatic heterocycles. The lowest BCUT2D eigenvalue weighted by Gasteiger charge is -2.31. The van der Waals surface area contributed by atoms with Gasteiger partial charge in [-0.3, -0.25) is 13.9 Å².